The van der Waals surface area contributed by atoms with Gasteiger partial charge in [-0.3, -0.25) is 0 Å². The summed E-state index contributed by atoms with van der Waals surface area (Å²) in [6, 6.07) is 16.2. The topological polar surface area (TPSA) is 124 Å². The summed E-state index contributed by atoms with van der Waals surface area (Å²) in [6.45, 7) is 12.0. The van der Waals surface area contributed by atoms with Crippen molar-refractivity contribution in [3.05, 3.63) is 108 Å². The number of ether oxygens (including phenoxy) is 6. The number of unbranched alkanes of at least 4 members (excludes halogenated alkanes) is 6. The minimum atomic E-state index is -0.876. The first-order chi connectivity index (χ1) is 24.5. The van der Waals surface area contributed by atoms with Gasteiger partial charge in [0.1, 0.15) is 17.2 Å². The molecule has 3 rings (SSSR count). The lowest BCUT2D eigenvalue weighted by Crippen LogP contribution is -2.11. The molecule has 272 valence electrons. The van der Waals surface area contributed by atoms with E-state index in [1.807, 2.05) is 0 Å². The van der Waals surface area contributed by atoms with Crippen molar-refractivity contribution >= 4 is 23.9 Å². The normalized spacial score (nSPS) is 10.5. The van der Waals surface area contributed by atoms with Gasteiger partial charge in [0.15, 0.2) is 11.6 Å². The van der Waals surface area contributed by atoms with Crippen LogP contribution in [0.4, 0.5) is 4.39 Å². The lowest BCUT2D eigenvalue weighted by Gasteiger charge is -2.10. The minimum Gasteiger partial charge on any atom is -0.494 e. The monoisotopic (exact) mass is 704 g/mol. The van der Waals surface area contributed by atoms with E-state index in [2.05, 4.69) is 13.2 Å². The van der Waals surface area contributed by atoms with Gasteiger partial charge in [0, 0.05) is 17.2 Å². The Morgan fingerprint density at radius 1 is 0.529 bits per heavy atom. The number of hydrogen-bond donors (Lipinski definition) is 0. The summed E-state index contributed by atoms with van der Waals surface area (Å²) < 4.78 is 46.8. The van der Waals surface area contributed by atoms with Crippen LogP contribution >= 0.6 is 0 Å². The molecule has 0 aliphatic heterocycles. The Hall–Kier alpha value is -5.45. The Labute approximate surface area is 298 Å². The highest BCUT2D eigenvalue weighted by atomic mass is 19.1. The molecule has 0 N–H and O–H groups in total. The lowest BCUT2D eigenvalue weighted by molar-refractivity contribution is -0.139. The molecule has 0 aliphatic carbocycles. The molecule has 0 aromatic heterocycles. The highest BCUT2D eigenvalue weighted by Gasteiger charge is 2.15. The number of benzene rings is 3. The SMILES string of the molecule is C=C(C)C(=O)OCCCCCCOc1ccc(C(=O)Oc2ccc(OC(=O)c3ccc(OCCCCCCOC(=O)C(=C)C)cc3)c(F)c2)cc1. The summed E-state index contributed by atoms with van der Waals surface area (Å²) in [6.07, 6.45) is 6.77. The molecule has 0 saturated heterocycles. The maximum Gasteiger partial charge on any atom is 0.343 e. The van der Waals surface area contributed by atoms with E-state index in [-0.39, 0.29) is 34.6 Å². The molecule has 0 atom stereocenters. The van der Waals surface area contributed by atoms with Crippen molar-refractivity contribution in [1.29, 1.82) is 0 Å². The zero-order valence-electron chi connectivity index (χ0n) is 29.2. The number of carbonyl (C=O) groups excluding carboxylic acids is 4. The molecule has 0 saturated carbocycles. The summed E-state index contributed by atoms with van der Waals surface area (Å²) in [4.78, 5) is 47.9. The molecule has 3 aromatic carbocycles. The highest BCUT2D eigenvalue weighted by Crippen LogP contribution is 2.25. The van der Waals surface area contributed by atoms with E-state index < -0.39 is 17.8 Å². The zero-order chi connectivity index (χ0) is 37.0. The molecule has 0 amide bonds. The molecule has 0 radical (unpaired) electrons. The Bertz CT molecular complexity index is 1630. The van der Waals surface area contributed by atoms with Gasteiger partial charge in [-0.15, -0.1) is 0 Å². The fraction of sp³-hybridized carbons (Fsp3) is 0.350. The molecular weight excluding hydrogens is 659 g/mol. The van der Waals surface area contributed by atoms with Gasteiger partial charge in [0.05, 0.1) is 37.6 Å². The predicted molar refractivity (Wildman–Crippen MR) is 189 cm³/mol. The van der Waals surface area contributed by atoms with Gasteiger partial charge in [0.2, 0.25) is 0 Å². The van der Waals surface area contributed by atoms with Gasteiger partial charge >= 0.3 is 23.9 Å². The average Bonchev–Trinajstić information content (AvgIpc) is 3.11. The van der Waals surface area contributed by atoms with E-state index in [1.54, 1.807) is 50.2 Å². The Morgan fingerprint density at radius 2 is 0.922 bits per heavy atom. The van der Waals surface area contributed by atoms with Crippen LogP contribution in [0, 0.1) is 5.82 Å². The first-order valence-corrected chi connectivity index (χ1v) is 16.9. The van der Waals surface area contributed by atoms with Crippen molar-refractivity contribution < 1.29 is 52.0 Å². The van der Waals surface area contributed by atoms with E-state index in [1.165, 1.54) is 24.3 Å². The Kier molecular flexibility index (Phi) is 16.9. The van der Waals surface area contributed by atoms with Crippen molar-refractivity contribution in [2.75, 3.05) is 26.4 Å². The fourth-order valence-electron chi connectivity index (χ4n) is 4.40. The molecule has 0 bridgehead atoms. The number of esters is 4. The van der Waals surface area contributed by atoms with E-state index >= 15 is 0 Å². The van der Waals surface area contributed by atoms with Crippen LogP contribution in [-0.2, 0) is 19.1 Å². The number of carbonyl (C=O) groups is 4. The van der Waals surface area contributed by atoms with Gasteiger partial charge in [0.25, 0.3) is 0 Å². The second-order valence-electron chi connectivity index (χ2n) is 11.8. The van der Waals surface area contributed by atoms with Gasteiger partial charge in [-0.1, -0.05) is 13.2 Å². The van der Waals surface area contributed by atoms with Crippen molar-refractivity contribution in [1.82, 2.24) is 0 Å². The standard InChI is InChI=1S/C40H45FO10/c1-28(2)37(42)48-25-11-7-5-9-23-46-32-17-13-30(14-18-32)39(44)50-34-21-22-36(35(41)27-34)51-40(45)31-15-19-33(20-16-31)47-24-10-6-8-12-26-49-38(43)29(3)4/h13-22,27H,1,3,5-12,23-26H2,2,4H3. The quantitative estimate of drug-likeness (QED) is 0.0436. The Morgan fingerprint density at radius 3 is 1.33 bits per heavy atom. The van der Waals surface area contributed by atoms with E-state index in [0.29, 0.717) is 49.1 Å². The first-order valence-electron chi connectivity index (χ1n) is 16.9. The first kappa shape index (κ1) is 40.0. The van der Waals surface area contributed by atoms with E-state index in [0.717, 1.165) is 57.4 Å². The van der Waals surface area contributed by atoms with Crippen LogP contribution in [0.25, 0.3) is 0 Å². The number of hydrogen-bond acceptors (Lipinski definition) is 10. The molecule has 0 spiro atoms. The van der Waals surface area contributed by atoms with Crippen LogP contribution in [0.2, 0.25) is 0 Å². The average molecular weight is 705 g/mol. The summed E-state index contributed by atoms with van der Waals surface area (Å²) in [5, 5.41) is 0. The lowest BCUT2D eigenvalue weighted by atomic mass is 10.2. The van der Waals surface area contributed by atoms with Crippen LogP contribution < -0.4 is 18.9 Å². The largest absolute Gasteiger partial charge is 0.494 e. The minimum absolute atomic E-state index is 0.0558. The molecule has 0 fully saturated rings. The maximum atomic E-state index is 14.8. The third-order valence-electron chi connectivity index (χ3n) is 7.27. The van der Waals surface area contributed by atoms with Crippen molar-refractivity contribution in [2.24, 2.45) is 0 Å². The van der Waals surface area contributed by atoms with Gasteiger partial charge in [-0.05, 0) is 126 Å². The molecule has 11 heteroatoms. The number of rotatable bonds is 22. The maximum absolute atomic E-state index is 14.8. The second-order valence-corrected chi connectivity index (χ2v) is 11.8. The third-order valence-corrected chi connectivity index (χ3v) is 7.27. The highest BCUT2D eigenvalue weighted by molar-refractivity contribution is 5.92. The second kappa shape index (κ2) is 21.6. The molecular formula is C40H45FO10. The zero-order valence-corrected chi connectivity index (χ0v) is 29.2. The molecule has 10 nitrogen and oxygen atoms in total. The van der Waals surface area contributed by atoms with Crippen LogP contribution in [0.3, 0.4) is 0 Å². The van der Waals surface area contributed by atoms with Crippen molar-refractivity contribution in [3.63, 3.8) is 0 Å². The fourth-order valence-corrected chi connectivity index (χ4v) is 4.40. The molecule has 0 unspecified atom stereocenters. The van der Waals surface area contributed by atoms with Crippen molar-refractivity contribution in [3.8, 4) is 23.0 Å². The van der Waals surface area contributed by atoms with E-state index in [9.17, 15) is 23.6 Å². The summed E-state index contributed by atoms with van der Waals surface area (Å²) >= 11 is 0. The van der Waals surface area contributed by atoms with Crippen LogP contribution in [0.1, 0.15) is 85.9 Å². The van der Waals surface area contributed by atoms with Gasteiger partial charge in [-0.25, -0.2) is 23.6 Å². The predicted octanol–water partition coefficient (Wildman–Crippen LogP) is 8.38. The Balaban J connectivity index is 1.34. The molecule has 0 aliphatic rings. The smallest absolute Gasteiger partial charge is 0.343 e. The van der Waals surface area contributed by atoms with Gasteiger partial charge < -0.3 is 28.4 Å². The van der Waals surface area contributed by atoms with Crippen LogP contribution in [0.5, 0.6) is 23.0 Å². The molecule has 0 heterocycles. The van der Waals surface area contributed by atoms with Crippen LogP contribution in [0.15, 0.2) is 91.0 Å². The van der Waals surface area contributed by atoms with Gasteiger partial charge in [-0.2, -0.15) is 0 Å². The van der Waals surface area contributed by atoms with E-state index in [4.69, 9.17) is 28.4 Å². The molecule has 51 heavy (non-hydrogen) atoms. The van der Waals surface area contributed by atoms with Crippen LogP contribution in [-0.4, -0.2) is 50.3 Å². The van der Waals surface area contributed by atoms with Crippen molar-refractivity contribution in [2.45, 2.75) is 65.2 Å². The number of halogens is 1. The molecule has 3 aromatic rings. The summed E-state index contributed by atoms with van der Waals surface area (Å²) in [5.41, 5.74) is 1.21. The third kappa shape index (κ3) is 14.9. The summed E-state index contributed by atoms with van der Waals surface area (Å²) in [5.74, 6) is -2.30. The summed E-state index contributed by atoms with van der Waals surface area (Å²) in [7, 11) is 0.